The Morgan fingerprint density at radius 1 is 1.13 bits per heavy atom. The number of aromatic nitrogens is 2. The number of anilines is 1. The Morgan fingerprint density at radius 3 is 2.58 bits per heavy atom. The molecule has 1 aromatic heterocycles. The minimum Gasteiger partial charge on any atom is -0.333 e. The van der Waals surface area contributed by atoms with Gasteiger partial charge in [-0.25, -0.2) is 0 Å². The van der Waals surface area contributed by atoms with Crippen molar-refractivity contribution in [1.29, 1.82) is 0 Å². The molecule has 0 atom stereocenters. The molecule has 0 amide bonds. The fourth-order valence-electron chi connectivity index (χ4n) is 4.50. The van der Waals surface area contributed by atoms with E-state index < -0.39 is 0 Å². The summed E-state index contributed by atoms with van der Waals surface area (Å²) in [6.45, 7) is 8.58. The molecule has 0 unspecified atom stereocenters. The molecule has 9 heteroatoms. The molecular weight excluding hydrogens is 514 g/mol. The number of nitrogens with zero attached hydrogens (tertiary/aromatic N) is 4. The lowest BCUT2D eigenvalue weighted by Gasteiger charge is -2.21. The maximum absolute atomic E-state index is 6.26. The first kappa shape index (κ1) is 29.8. The van der Waals surface area contributed by atoms with Crippen LogP contribution in [0.3, 0.4) is 0 Å². The van der Waals surface area contributed by atoms with Gasteiger partial charge in [0.05, 0.1) is 23.1 Å². The molecule has 1 heterocycles. The van der Waals surface area contributed by atoms with Crippen LogP contribution in [0.25, 0.3) is 11.3 Å². The quantitative estimate of drug-likeness (QED) is 0.185. The van der Waals surface area contributed by atoms with Crippen LogP contribution < -0.4 is 15.8 Å². The van der Waals surface area contributed by atoms with Crippen LogP contribution in [0, 0.1) is 6.92 Å². The molecule has 0 spiro atoms. The maximum Gasteiger partial charge on any atom is 0.159 e. The number of aliphatic imine (C=N–C) groups is 2. The van der Waals surface area contributed by atoms with Gasteiger partial charge in [0.2, 0.25) is 0 Å². The molecule has 7 nitrogen and oxygen atoms in total. The molecule has 0 bridgehead atoms. The topological polar surface area (TPSA) is 101 Å². The van der Waals surface area contributed by atoms with Crippen LogP contribution in [-0.4, -0.2) is 42.9 Å². The van der Waals surface area contributed by atoms with E-state index in [2.05, 4.69) is 61.7 Å². The van der Waals surface area contributed by atoms with Gasteiger partial charge in [-0.05, 0) is 93.4 Å². The minimum absolute atomic E-state index is 0.576. The predicted molar refractivity (Wildman–Crippen MR) is 164 cm³/mol. The van der Waals surface area contributed by atoms with Crippen molar-refractivity contribution in [2.24, 2.45) is 15.7 Å². The van der Waals surface area contributed by atoms with Crippen LogP contribution >= 0.6 is 23.5 Å². The van der Waals surface area contributed by atoms with Crippen LogP contribution in [0.5, 0.6) is 0 Å². The molecule has 38 heavy (non-hydrogen) atoms. The van der Waals surface area contributed by atoms with E-state index >= 15 is 0 Å². The third-order valence-corrected chi connectivity index (χ3v) is 7.75. The Hall–Kier alpha value is -2.78. The van der Waals surface area contributed by atoms with Crippen molar-refractivity contribution in [3.8, 4) is 11.3 Å². The Labute approximate surface area is 235 Å². The molecule has 3 aromatic rings. The fraction of sp³-hybridized carbons (Fsp3) is 0.379. The minimum atomic E-state index is 0.576. The summed E-state index contributed by atoms with van der Waals surface area (Å²) in [5.41, 5.74) is 10.3. The van der Waals surface area contributed by atoms with Crippen molar-refractivity contribution in [2.75, 3.05) is 18.4 Å². The third kappa shape index (κ3) is 8.11. The van der Waals surface area contributed by atoms with Gasteiger partial charge in [0.15, 0.2) is 5.82 Å². The number of nitrogens with one attached hydrogen (secondary N) is 2. The first-order valence-corrected chi connectivity index (χ1v) is 14.2. The molecule has 0 aliphatic heterocycles. The van der Waals surface area contributed by atoms with Crippen molar-refractivity contribution in [1.82, 2.24) is 15.5 Å². The second-order valence-electron chi connectivity index (χ2n) is 8.99. The highest BCUT2D eigenvalue weighted by atomic mass is 35.5. The van der Waals surface area contributed by atoms with E-state index in [9.17, 15) is 0 Å². The number of halogens is 1. The first-order chi connectivity index (χ1) is 18.6. The molecule has 1 aliphatic rings. The van der Waals surface area contributed by atoms with E-state index in [1.165, 1.54) is 51.1 Å². The average molecular weight is 552 g/mol. The molecule has 0 saturated heterocycles. The van der Waals surface area contributed by atoms with Crippen molar-refractivity contribution in [3.63, 3.8) is 0 Å². The van der Waals surface area contributed by atoms with E-state index in [0.29, 0.717) is 23.6 Å². The monoisotopic (exact) mass is 551 g/mol. The normalized spacial score (nSPS) is 13.7. The van der Waals surface area contributed by atoms with Crippen LogP contribution in [0.4, 0.5) is 11.5 Å². The lowest BCUT2D eigenvalue weighted by atomic mass is 9.96. The molecule has 202 valence electrons. The van der Waals surface area contributed by atoms with Gasteiger partial charge < -0.3 is 10.5 Å². The zero-order valence-electron chi connectivity index (χ0n) is 22.5. The number of rotatable bonds is 10. The second-order valence-corrected chi connectivity index (χ2v) is 10.2. The van der Waals surface area contributed by atoms with Gasteiger partial charge in [-0.3, -0.25) is 15.3 Å². The van der Waals surface area contributed by atoms with Crippen LogP contribution in [0.15, 0.2) is 57.3 Å². The summed E-state index contributed by atoms with van der Waals surface area (Å²) in [4.78, 5) is 9.92. The van der Waals surface area contributed by atoms with Crippen molar-refractivity contribution >= 4 is 48.0 Å². The van der Waals surface area contributed by atoms with E-state index in [1.807, 2.05) is 43.5 Å². The number of hydrogen-bond donors (Lipinski definition) is 3. The Morgan fingerprint density at radius 2 is 1.89 bits per heavy atom. The molecule has 1 fully saturated rings. The molecule has 4 rings (SSSR count). The molecule has 2 aromatic carbocycles. The van der Waals surface area contributed by atoms with Crippen LogP contribution in [0.1, 0.15) is 55.7 Å². The summed E-state index contributed by atoms with van der Waals surface area (Å²) in [7, 11) is 1.50. The van der Waals surface area contributed by atoms with Crippen molar-refractivity contribution < 1.29 is 0 Å². The zero-order valence-corrected chi connectivity index (χ0v) is 24.1. The SMILES string of the molecule is C=Nc1c(/C=N\CNC2CCCCC2)cc(-c2nnc(NSc3ccccc3Cl)cc2C)cc1CC.CN. The summed E-state index contributed by atoms with van der Waals surface area (Å²) in [6, 6.07) is 14.5. The molecule has 1 aliphatic carbocycles. The number of aryl methyl sites for hydroxylation is 2. The van der Waals surface area contributed by atoms with Gasteiger partial charge in [-0.2, -0.15) is 0 Å². The molecule has 1 saturated carbocycles. The van der Waals surface area contributed by atoms with Gasteiger partial charge in [-0.1, -0.05) is 49.9 Å². The molecule has 0 radical (unpaired) electrons. The number of nitrogens with two attached hydrogens (primary N) is 1. The Balaban J connectivity index is 0.00000195. The van der Waals surface area contributed by atoms with Crippen LogP contribution in [-0.2, 0) is 6.42 Å². The molecular formula is C29H38ClN7S. The number of hydrogen-bond acceptors (Lipinski definition) is 8. The van der Waals surface area contributed by atoms with Gasteiger partial charge in [0, 0.05) is 28.3 Å². The first-order valence-electron chi connectivity index (χ1n) is 13.1. The standard InChI is InChI=1S/C28H33ClN6S.CH5N/c1-4-20-15-21(16-22(28(20)30-3)17-31-18-32-23-10-6-5-7-11-23)27-19(2)14-26(33-34-27)35-36-25-13-9-8-12-24(25)29;1-2/h8-9,12-17,23,32H,3-7,10-11,18H2,1-2H3,(H,33,35);2H2,1H3/b31-17-;. The predicted octanol–water partition coefficient (Wildman–Crippen LogP) is 6.99. The van der Waals surface area contributed by atoms with E-state index in [1.54, 1.807) is 0 Å². The van der Waals surface area contributed by atoms with E-state index in [0.717, 1.165) is 45.0 Å². The average Bonchev–Trinajstić information content (AvgIpc) is 2.96. The smallest absolute Gasteiger partial charge is 0.159 e. The second kappa shape index (κ2) is 15.6. The van der Waals surface area contributed by atoms with Crippen LogP contribution in [0.2, 0.25) is 5.02 Å². The summed E-state index contributed by atoms with van der Waals surface area (Å²) in [5, 5.41) is 13.2. The summed E-state index contributed by atoms with van der Waals surface area (Å²) < 4.78 is 3.24. The Kier molecular flexibility index (Phi) is 12.2. The lowest BCUT2D eigenvalue weighted by Crippen LogP contribution is -2.31. The Bertz CT molecular complexity index is 1230. The highest BCUT2D eigenvalue weighted by molar-refractivity contribution is 8.00. The van der Waals surface area contributed by atoms with Crippen molar-refractivity contribution in [3.05, 3.63) is 64.2 Å². The van der Waals surface area contributed by atoms with E-state index in [4.69, 9.17) is 11.6 Å². The highest BCUT2D eigenvalue weighted by Gasteiger charge is 2.14. The summed E-state index contributed by atoms with van der Waals surface area (Å²) in [6.07, 6.45) is 9.18. The fourth-order valence-corrected chi connectivity index (χ4v) is 5.38. The number of benzene rings is 2. The van der Waals surface area contributed by atoms with Gasteiger partial charge >= 0.3 is 0 Å². The zero-order chi connectivity index (χ0) is 27.3. The van der Waals surface area contributed by atoms with Gasteiger partial charge in [-0.15, -0.1) is 10.2 Å². The highest BCUT2D eigenvalue weighted by Crippen LogP contribution is 2.32. The largest absolute Gasteiger partial charge is 0.333 e. The maximum atomic E-state index is 6.26. The summed E-state index contributed by atoms with van der Waals surface area (Å²) >= 11 is 7.67. The molecule has 4 N–H and O–H groups in total. The van der Waals surface area contributed by atoms with Gasteiger partial charge in [0.1, 0.15) is 0 Å². The lowest BCUT2D eigenvalue weighted by molar-refractivity contribution is 0.378. The van der Waals surface area contributed by atoms with Crippen molar-refractivity contribution in [2.45, 2.75) is 63.3 Å². The summed E-state index contributed by atoms with van der Waals surface area (Å²) in [5.74, 6) is 0.678. The third-order valence-electron chi connectivity index (χ3n) is 6.42. The van der Waals surface area contributed by atoms with E-state index in [-0.39, 0.29) is 0 Å². The van der Waals surface area contributed by atoms with Gasteiger partial charge in [0.25, 0.3) is 0 Å².